The van der Waals surface area contributed by atoms with Gasteiger partial charge in [-0.25, -0.2) is 0 Å². The molecule has 0 radical (unpaired) electrons. The second-order valence-electron chi connectivity index (χ2n) is 2.40. The molecule has 0 amide bonds. The van der Waals surface area contributed by atoms with E-state index in [4.69, 9.17) is 9.47 Å². The summed E-state index contributed by atoms with van der Waals surface area (Å²) in [5.74, 6) is 0.817. The summed E-state index contributed by atoms with van der Waals surface area (Å²) in [5.41, 5.74) is 0. The van der Waals surface area contributed by atoms with Crippen LogP contribution in [0.1, 0.15) is 0 Å². The first-order valence-corrected chi connectivity index (χ1v) is 4.12. The first kappa shape index (κ1) is 13.7. The molecule has 0 heterocycles. The van der Waals surface area contributed by atoms with E-state index in [0.29, 0.717) is 13.2 Å². The average Bonchev–Trinajstić information content (AvgIpc) is 2.19. The van der Waals surface area contributed by atoms with Crippen LogP contribution in [0.2, 0.25) is 0 Å². The van der Waals surface area contributed by atoms with Crippen molar-refractivity contribution in [3.8, 4) is 5.75 Å². The van der Waals surface area contributed by atoms with Crippen LogP contribution >= 0.6 is 0 Å². The Labute approximate surface area is 106 Å². The van der Waals surface area contributed by atoms with Crippen LogP contribution in [0.4, 0.5) is 0 Å². The zero-order valence-corrected chi connectivity index (χ0v) is 7.31. The van der Waals surface area contributed by atoms with E-state index in [1.165, 1.54) is 0 Å². The molecule has 0 N–H and O–H groups in total. The van der Waals surface area contributed by atoms with Gasteiger partial charge >= 0.3 is 29.6 Å². The van der Waals surface area contributed by atoms with E-state index >= 15 is 0 Å². The van der Waals surface area contributed by atoms with Gasteiger partial charge in [-0.05, 0) is 12.1 Å². The molecular weight excluding hydrogens is 191 g/mol. The van der Waals surface area contributed by atoms with E-state index in [-0.39, 0.29) is 36.2 Å². The van der Waals surface area contributed by atoms with Crippen molar-refractivity contribution in [3.05, 3.63) is 30.3 Å². The number of ether oxygens (including phenoxy) is 2. The van der Waals surface area contributed by atoms with Crippen LogP contribution in [0.15, 0.2) is 30.3 Å². The summed E-state index contributed by atoms with van der Waals surface area (Å²) in [6.07, 6.45) is 0.725. The van der Waals surface area contributed by atoms with Crippen molar-refractivity contribution in [2.45, 2.75) is 0 Å². The van der Waals surface area contributed by atoms with Crippen LogP contribution in [0.25, 0.3) is 0 Å². The number of rotatable bonds is 6. The molecule has 0 unspecified atom stereocenters. The van der Waals surface area contributed by atoms with Crippen LogP contribution in [-0.2, 0) is 9.53 Å². The number of hydrogen-bond acceptors (Lipinski definition) is 3. The molecule has 0 saturated heterocycles. The van der Waals surface area contributed by atoms with Gasteiger partial charge in [-0.2, -0.15) is 0 Å². The third-order valence-electron chi connectivity index (χ3n) is 1.43. The Kier molecular flexibility index (Phi) is 8.98. The molecular formula is C10H13NaO3. The fraction of sp³-hybridized carbons (Fsp3) is 0.300. The first-order valence-electron chi connectivity index (χ1n) is 4.12. The number of aldehydes is 1. The van der Waals surface area contributed by atoms with Gasteiger partial charge in [0.2, 0.25) is 0 Å². The van der Waals surface area contributed by atoms with Crippen molar-refractivity contribution in [2.24, 2.45) is 0 Å². The monoisotopic (exact) mass is 204 g/mol. The fourth-order valence-electron chi connectivity index (χ4n) is 0.867. The number of carbonyl (C=O) groups is 1. The molecule has 4 heteroatoms. The average molecular weight is 204 g/mol. The van der Waals surface area contributed by atoms with E-state index in [0.717, 1.165) is 12.0 Å². The van der Waals surface area contributed by atoms with Crippen molar-refractivity contribution in [2.75, 3.05) is 19.8 Å². The van der Waals surface area contributed by atoms with E-state index in [9.17, 15) is 4.79 Å². The zero-order valence-electron chi connectivity index (χ0n) is 7.31. The normalized spacial score (nSPS) is 8.86. The SMILES string of the molecule is O=CCOCCOc1ccccc1.[NaH]. The van der Waals surface area contributed by atoms with Gasteiger partial charge in [0.25, 0.3) is 0 Å². The molecule has 0 saturated carbocycles. The summed E-state index contributed by atoms with van der Waals surface area (Å²) in [5, 5.41) is 0. The van der Waals surface area contributed by atoms with Crippen molar-refractivity contribution >= 4 is 35.8 Å². The number of benzene rings is 1. The fourth-order valence-corrected chi connectivity index (χ4v) is 0.867. The molecule has 1 aromatic rings. The van der Waals surface area contributed by atoms with E-state index in [1.54, 1.807) is 0 Å². The van der Waals surface area contributed by atoms with Gasteiger partial charge in [0.1, 0.15) is 25.2 Å². The topological polar surface area (TPSA) is 35.5 Å². The van der Waals surface area contributed by atoms with Crippen LogP contribution in [0.3, 0.4) is 0 Å². The van der Waals surface area contributed by atoms with Gasteiger partial charge in [-0.1, -0.05) is 18.2 Å². The summed E-state index contributed by atoms with van der Waals surface area (Å²) in [7, 11) is 0. The molecule has 1 aromatic carbocycles. The van der Waals surface area contributed by atoms with Crippen molar-refractivity contribution in [1.82, 2.24) is 0 Å². The second-order valence-corrected chi connectivity index (χ2v) is 2.40. The molecule has 0 fully saturated rings. The molecule has 3 nitrogen and oxygen atoms in total. The summed E-state index contributed by atoms with van der Waals surface area (Å²) in [4.78, 5) is 9.87. The molecule has 0 spiro atoms. The van der Waals surface area contributed by atoms with Crippen LogP contribution in [0.5, 0.6) is 5.75 Å². The third-order valence-corrected chi connectivity index (χ3v) is 1.43. The van der Waals surface area contributed by atoms with Gasteiger partial charge in [-0.3, -0.25) is 0 Å². The molecule has 1 rings (SSSR count). The molecule has 0 aliphatic heterocycles. The van der Waals surface area contributed by atoms with Gasteiger partial charge in [-0.15, -0.1) is 0 Å². The molecule has 0 bridgehead atoms. The Balaban J connectivity index is 0.00000169. The predicted molar refractivity (Wildman–Crippen MR) is 56.0 cm³/mol. The number of carbonyl (C=O) groups excluding carboxylic acids is 1. The van der Waals surface area contributed by atoms with Crippen LogP contribution in [0, 0.1) is 0 Å². The molecule has 72 valence electrons. The van der Waals surface area contributed by atoms with Gasteiger partial charge in [0, 0.05) is 0 Å². The molecule has 0 aliphatic rings. The van der Waals surface area contributed by atoms with E-state index in [2.05, 4.69) is 0 Å². The summed E-state index contributed by atoms with van der Waals surface area (Å²) in [6, 6.07) is 9.48. The summed E-state index contributed by atoms with van der Waals surface area (Å²) < 4.78 is 10.2. The van der Waals surface area contributed by atoms with Gasteiger partial charge < -0.3 is 14.3 Å². The Bertz CT molecular complexity index is 238. The van der Waals surface area contributed by atoms with Gasteiger partial charge in [0.05, 0.1) is 6.61 Å². The maximum absolute atomic E-state index is 9.87. The maximum atomic E-state index is 9.87. The Morgan fingerprint density at radius 3 is 2.50 bits per heavy atom. The minimum absolute atomic E-state index is 0. The Hall–Kier alpha value is -0.350. The Morgan fingerprint density at radius 1 is 1.14 bits per heavy atom. The first-order chi connectivity index (χ1) is 6.43. The predicted octanol–water partition coefficient (Wildman–Crippen LogP) is 0.632. The van der Waals surface area contributed by atoms with Crippen molar-refractivity contribution < 1.29 is 14.3 Å². The van der Waals surface area contributed by atoms with E-state index in [1.807, 2.05) is 30.3 Å². The minimum atomic E-state index is 0. The number of para-hydroxylation sites is 1. The summed E-state index contributed by atoms with van der Waals surface area (Å²) in [6.45, 7) is 1.05. The standard InChI is InChI=1S/C10H12O3.Na.H/c11-6-7-12-8-9-13-10-4-2-1-3-5-10;;/h1-6H,7-9H2;;. The molecule has 0 atom stereocenters. The molecule has 0 aromatic heterocycles. The van der Waals surface area contributed by atoms with Gasteiger partial charge in [0.15, 0.2) is 0 Å². The van der Waals surface area contributed by atoms with Crippen LogP contribution in [-0.4, -0.2) is 55.7 Å². The Morgan fingerprint density at radius 2 is 1.86 bits per heavy atom. The van der Waals surface area contributed by atoms with Crippen molar-refractivity contribution in [3.63, 3.8) is 0 Å². The summed E-state index contributed by atoms with van der Waals surface area (Å²) >= 11 is 0. The van der Waals surface area contributed by atoms with Crippen molar-refractivity contribution in [1.29, 1.82) is 0 Å². The third kappa shape index (κ3) is 6.16. The molecule has 14 heavy (non-hydrogen) atoms. The number of hydrogen-bond donors (Lipinski definition) is 0. The quantitative estimate of drug-likeness (QED) is 0.387. The second kappa shape index (κ2) is 9.21. The zero-order chi connectivity index (χ0) is 9.36. The van der Waals surface area contributed by atoms with Crippen LogP contribution < -0.4 is 4.74 Å². The molecule has 0 aliphatic carbocycles. The van der Waals surface area contributed by atoms with E-state index < -0.39 is 0 Å².